The zero-order chi connectivity index (χ0) is 21.1. The zero-order valence-electron chi connectivity index (χ0n) is 17.5. The van der Waals surface area contributed by atoms with Gasteiger partial charge in [-0.25, -0.2) is 8.42 Å². The molecule has 2 aliphatic rings. The van der Waals surface area contributed by atoms with Crippen molar-refractivity contribution < 1.29 is 13.2 Å². The van der Waals surface area contributed by atoms with Gasteiger partial charge in [0.2, 0.25) is 5.91 Å². The van der Waals surface area contributed by atoms with Crippen molar-refractivity contribution in [2.24, 2.45) is 5.92 Å². The van der Waals surface area contributed by atoms with Crippen LogP contribution in [0, 0.1) is 5.92 Å². The number of benzene rings is 2. The highest BCUT2D eigenvalue weighted by atomic mass is 32.2. The number of amides is 1. The standard InChI is InChI=1S/C24H30N2O3S/c1-30(28,29)22-11-7-19(8-12-22)23(24(27)25-21-9-10-21)20-13-15-26(16-14-20)17-18-5-3-2-4-6-18/h2-8,11-12,20-21,23H,9-10,13-17H2,1H3,(H,25,27). The summed E-state index contributed by atoms with van der Waals surface area (Å²) in [7, 11) is -3.24. The first-order chi connectivity index (χ1) is 14.4. The van der Waals surface area contributed by atoms with Crippen molar-refractivity contribution in [1.82, 2.24) is 10.2 Å². The van der Waals surface area contributed by atoms with E-state index in [1.165, 1.54) is 11.8 Å². The Morgan fingerprint density at radius 3 is 2.20 bits per heavy atom. The van der Waals surface area contributed by atoms with E-state index in [-0.39, 0.29) is 17.7 Å². The quantitative estimate of drug-likeness (QED) is 0.737. The van der Waals surface area contributed by atoms with Gasteiger partial charge in [0, 0.05) is 18.8 Å². The van der Waals surface area contributed by atoms with Crippen LogP contribution in [0.2, 0.25) is 0 Å². The zero-order valence-corrected chi connectivity index (χ0v) is 18.3. The fourth-order valence-electron chi connectivity index (χ4n) is 4.36. The van der Waals surface area contributed by atoms with Crippen LogP contribution in [0.3, 0.4) is 0 Å². The van der Waals surface area contributed by atoms with Crippen LogP contribution in [-0.4, -0.2) is 44.6 Å². The highest BCUT2D eigenvalue weighted by molar-refractivity contribution is 7.90. The SMILES string of the molecule is CS(=O)(=O)c1ccc(C(C(=O)NC2CC2)C2CCN(Cc3ccccc3)CC2)cc1. The summed E-state index contributed by atoms with van der Waals surface area (Å²) in [5.74, 6) is 0.129. The first-order valence-electron chi connectivity index (χ1n) is 10.8. The van der Waals surface area contributed by atoms with Crippen molar-refractivity contribution >= 4 is 15.7 Å². The molecule has 30 heavy (non-hydrogen) atoms. The van der Waals surface area contributed by atoms with E-state index in [9.17, 15) is 13.2 Å². The predicted octanol–water partition coefficient (Wildman–Crippen LogP) is 3.36. The molecule has 1 saturated heterocycles. The van der Waals surface area contributed by atoms with E-state index < -0.39 is 9.84 Å². The fraction of sp³-hybridized carbons (Fsp3) is 0.458. The van der Waals surface area contributed by atoms with Crippen LogP contribution in [0.4, 0.5) is 0 Å². The molecule has 2 aromatic rings. The summed E-state index contributed by atoms with van der Waals surface area (Å²) in [4.78, 5) is 15.9. The molecule has 5 nitrogen and oxygen atoms in total. The van der Waals surface area contributed by atoms with Crippen LogP contribution >= 0.6 is 0 Å². The van der Waals surface area contributed by atoms with Gasteiger partial charge in [-0.2, -0.15) is 0 Å². The summed E-state index contributed by atoms with van der Waals surface area (Å²) < 4.78 is 23.6. The lowest BCUT2D eigenvalue weighted by Gasteiger charge is -2.36. The van der Waals surface area contributed by atoms with E-state index in [0.29, 0.717) is 10.9 Å². The molecule has 1 saturated carbocycles. The maximum Gasteiger partial charge on any atom is 0.228 e. The summed E-state index contributed by atoms with van der Waals surface area (Å²) in [5, 5.41) is 3.17. The number of piperidine rings is 1. The summed E-state index contributed by atoms with van der Waals surface area (Å²) in [6.07, 6.45) is 5.25. The Hall–Kier alpha value is -2.18. The van der Waals surface area contributed by atoms with Gasteiger partial charge < -0.3 is 5.32 Å². The number of sulfone groups is 1. The third-order valence-electron chi connectivity index (χ3n) is 6.23. The van der Waals surface area contributed by atoms with Gasteiger partial charge in [-0.3, -0.25) is 9.69 Å². The van der Waals surface area contributed by atoms with E-state index in [4.69, 9.17) is 0 Å². The summed E-state index contributed by atoms with van der Waals surface area (Å²) in [5.41, 5.74) is 2.23. The number of rotatable bonds is 7. The van der Waals surface area contributed by atoms with E-state index >= 15 is 0 Å². The number of nitrogens with zero attached hydrogens (tertiary/aromatic N) is 1. The summed E-state index contributed by atoms with van der Waals surface area (Å²) >= 11 is 0. The van der Waals surface area contributed by atoms with E-state index in [2.05, 4.69) is 34.5 Å². The summed E-state index contributed by atoms with van der Waals surface area (Å²) in [6, 6.07) is 17.7. The van der Waals surface area contributed by atoms with Gasteiger partial charge in [0.05, 0.1) is 10.8 Å². The Morgan fingerprint density at radius 1 is 1.00 bits per heavy atom. The van der Waals surface area contributed by atoms with E-state index in [0.717, 1.165) is 50.9 Å². The van der Waals surface area contributed by atoms with Crippen molar-refractivity contribution in [3.63, 3.8) is 0 Å². The molecule has 1 amide bonds. The smallest absolute Gasteiger partial charge is 0.228 e. The minimum atomic E-state index is -3.24. The van der Waals surface area contributed by atoms with Gasteiger partial charge in [0.15, 0.2) is 9.84 Å². The second-order valence-corrected chi connectivity index (χ2v) is 10.7. The molecule has 1 atom stereocenters. The Labute approximate surface area is 179 Å². The largest absolute Gasteiger partial charge is 0.353 e. The average molecular weight is 427 g/mol. The Morgan fingerprint density at radius 2 is 1.63 bits per heavy atom. The molecule has 0 bridgehead atoms. The number of carbonyl (C=O) groups excluding carboxylic acids is 1. The molecular weight excluding hydrogens is 396 g/mol. The Balaban J connectivity index is 1.47. The molecule has 1 unspecified atom stereocenters. The van der Waals surface area contributed by atoms with Crippen molar-refractivity contribution in [3.8, 4) is 0 Å². The molecule has 0 radical (unpaired) electrons. The van der Waals surface area contributed by atoms with Crippen LogP contribution in [0.15, 0.2) is 59.5 Å². The minimum absolute atomic E-state index is 0.0890. The van der Waals surface area contributed by atoms with Gasteiger partial charge in [-0.1, -0.05) is 42.5 Å². The fourth-order valence-corrected chi connectivity index (χ4v) is 5.00. The first kappa shape index (κ1) is 21.1. The van der Waals surface area contributed by atoms with Crippen LogP contribution in [-0.2, 0) is 21.2 Å². The molecular formula is C24H30N2O3S. The average Bonchev–Trinajstić information content (AvgIpc) is 3.54. The third kappa shape index (κ3) is 5.29. The Kier molecular flexibility index (Phi) is 6.25. The molecule has 0 spiro atoms. The third-order valence-corrected chi connectivity index (χ3v) is 7.35. The highest BCUT2D eigenvalue weighted by Crippen LogP contribution is 2.35. The molecule has 1 aliphatic carbocycles. The number of hydrogen-bond donors (Lipinski definition) is 1. The van der Waals surface area contributed by atoms with Gasteiger partial charge in [0.25, 0.3) is 0 Å². The lowest BCUT2D eigenvalue weighted by molar-refractivity contribution is -0.124. The van der Waals surface area contributed by atoms with E-state index in [1.54, 1.807) is 12.1 Å². The maximum absolute atomic E-state index is 13.1. The van der Waals surface area contributed by atoms with Crippen molar-refractivity contribution in [3.05, 3.63) is 65.7 Å². The van der Waals surface area contributed by atoms with Crippen molar-refractivity contribution in [2.75, 3.05) is 19.3 Å². The summed E-state index contributed by atoms with van der Waals surface area (Å²) in [6.45, 7) is 2.87. The molecule has 1 aliphatic heterocycles. The van der Waals surface area contributed by atoms with Gasteiger partial charge in [-0.15, -0.1) is 0 Å². The van der Waals surface area contributed by atoms with Crippen molar-refractivity contribution in [1.29, 1.82) is 0 Å². The number of nitrogens with one attached hydrogen (secondary N) is 1. The van der Waals surface area contributed by atoms with E-state index in [1.807, 2.05) is 18.2 Å². The normalized spacial score (nSPS) is 19.4. The molecule has 2 aromatic carbocycles. The van der Waals surface area contributed by atoms with Crippen molar-refractivity contribution in [2.45, 2.75) is 49.1 Å². The number of likely N-dealkylation sites (tertiary alicyclic amines) is 1. The number of carbonyl (C=O) groups is 1. The van der Waals surface area contributed by atoms with Crippen LogP contribution in [0.25, 0.3) is 0 Å². The molecule has 6 heteroatoms. The molecule has 160 valence electrons. The predicted molar refractivity (Wildman–Crippen MR) is 118 cm³/mol. The first-order valence-corrected chi connectivity index (χ1v) is 12.7. The minimum Gasteiger partial charge on any atom is -0.353 e. The van der Waals surface area contributed by atoms with Crippen LogP contribution < -0.4 is 5.32 Å². The highest BCUT2D eigenvalue weighted by Gasteiger charge is 2.35. The van der Waals surface area contributed by atoms with Crippen LogP contribution in [0.1, 0.15) is 42.7 Å². The second-order valence-electron chi connectivity index (χ2n) is 8.70. The lowest BCUT2D eigenvalue weighted by atomic mass is 9.79. The lowest BCUT2D eigenvalue weighted by Crippen LogP contribution is -2.40. The maximum atomic E-state index is 13.1. The number of hydrogen-bond acceptors (Lipinski definition) is 4. The second kappa shape index (κ2) is 8.90. The van der Waals surface area contributed by atoms with Gasteiger partial charge in [0.1, 0.15) is 0 Å². The molecule has 4 rings (SSSR count). The molecule has 1 heterocycles. The monoisotopic (exact) mass is 426 g/mol. The molecule has 0 aromatic heterocycles. The molecule has 1 N–H and O–H groups in total. The van der Waals surface area contributed by atoms with Gasteiger partial charge in [-0.05, 0) is 68.0 Å². The molecule has 2 fully saturated rings. The van der Waals surface area contributed by atoms with Gasteiger partial charge >= 0.3 is 0 Å². The topological polar surface area (TPSA) is 66.5 Å². The van der Waals surface area contributed by atoms with Crippen LogP contribution in [0.5, 0.6) is 0 Å². The Bertz CT molecular complexity index is 961.